The van der Waals surface area contributed by atoms with Gasteiger partial charge in [-0.05, 0) is 31.2 Å². The van der Waals surface area contributed by atoms with Crippen molar-refractivity contribution in [2.75, 3.05) is 19.7 Å². The molecule has 0 fully saturated rings. The van der Waals surface area contributed by atoms with E-state index in [2.05, 4.69) is 25.8 Å². The van der Waals surface area contributed by atoms with Gasteiger partial charge in [-0.15, -0.1) is 0 Å². The van der Waals surface area contributed by atoms with Crippen molar-refractivity contribution in [2.45, 2.75) is 19.6 Å². The number of fused-ring (bicyclic) bond motifs is 1. The van der Waals surface area contributed by atoms with Gasteiger partial charge in [0, 0.05) is 17.1 Å². The number of para-hydroxylation sites is 2. The van der Waals surface area contributed by atoms with E-state index in [1.54, 1.807) is 12.1 Å². The molecule has 3 aromatic rings. The molecule has 8 nitrogen and oxygen atoms in total. The summed E-state index contributed by atoms with van der Waals surface area (Å²) in [5.74, 6) is 3.03. The minimum atomic E-state index is -0.124. The van der Waals surface area contributed by atoms with E-state index in [1.165, 1.54) is 0 Å². The van der Waals surface area contributed by atoms with Gasteiger partial charge in [0.1, 0.15) is 19.3 Å². The standard InChI is InChI=1S/C21H22ClN5O3/c1-2-23-21(24-11-16-13-28-17-8-3-4-9-18(17)29-16)25-12-19-26-20(27-30-19)14-6-5-7-15(22)10-14/h3-10,16H,2,11-13H2,1H3,(H2,23,24,25). The number of guanidine groups is 1. The predicted octanol–water partition coefficient (Wildman–Crippen LogP) is 3.29. The second kappa shape index (κ2) is 9.49. The Morgan fingerprint density at radius 1 is 1.17 bits per heavy atom. The summed E-state index contributed by atoms with van der Waals surface area (Å²) in [6, 6.07) is 14.9. The lowest BCUT2D eigenvalue weighted by atomic mass is 10.2. The van der Waals surface area contributed by atoms with E-state index >= 15 is 0 Å². The van der Waals surface area contributed by atoms with Crippen LogP contribution in [0.25, 0.3) is 11.4 Å². The molecule has 1 aliphatic heterocycles. The molecular weight excluding hydrogens is 406 g/mol. The van der Waals surface area contributed by atoms with Gasteiger partial charge >= 0.3 is 0 Å². The molecule has 0 radical (unpaired) electrons. The van der Waals surface area contributed by atoms with Crippen molar-refractivity contribution >= 4 is 17.6 Å². The molecule has 30 heavy (non-hydrogen) atoms. The summed E-state index contributed by atoms with van der Waals surface area (Å²) in [6.07, 6.45) is -0.124. The first kappa shape index (κ1) is 20.0. The summed E-state index contributed by atoms with van der Waals surface area (Å²) in [6.45, 7) is 3.97. The fourth-order valence-corrected chi connectivity index (χ4v) is 3.12. The van der Waals surface area contributed by atoms with E-state index in [0.29, 0.717) is 42.4 Å². The Kier molecular flexibility index (Phi) is 6.34. The van der Waals surface area contributed by atoms with Crippen LogP contribution in [0, 0.1) is 0 Å². The van der Waals surface area contributed by atoms with Crippen molar-refractivity contribution < 1.29 is 14.0 Å². The van der Waals surface area contributed by atoms with E-state index in [4.69, 9.17) is 25.6 Å². The Bertz CT molecular complexity index is 1020. The number of aromatic nitrogens is 2. The van der Waals surface area contributed by atoms with Gasteiger partial charge < -0.3 is 24.6 Å². The van der Waals surface area contributed by atoms with Crippen LogP contribution in [0.3, 0.4) is 0 Å². The zero-order valence-corrected chi connectivity index (χ0v) is 17.2. The number of halogens is 1. The number of ether oxygens (including phenoxy) is 2. The molecule has 0 amide bonds. The highest BCUT2D eigenvalue weighted by Crippen LogP contribution is 2.30. The Hall–Kier alpha value is -3.26. The van der Waals surface area contributed by atoms with Crippen molar-refractivity contribution in [3.63, 3.8) is 0 Å². The largest absolute Gasteiger partial charge is 0.486 e. The third-order valence-corrected chi connectivity index (χ3v) is 4.57. The maximum Gasteiger partial charge on any atom is 0.248 e. The minimum Gasteiger partial charge on any atom is -0.486 e. The fourth-order valence-electron chi connectivity index (χ4n) is 2.93. The molecule has 2 N–H and O–H groups in total. The van der Waals surface area contributed by atoms with Gasteiger partial charge in [0.15, 0.2) is 17.5 Å². The number of rotatable bonds is 6. The molecule has 4 rings (SSSR count). The molecule has 1 unspecified atom stereocenters. The van der Waals surface area contributed by atoms with Crippen LogP contribution in [0.2, 0.25) is 5.02 Å². The van der Waals surface area contributed by atoms with Gasteiger partial charge in [0.2, 0.25) is 11.7 Å². The monoisotopic (exact) mass is 427 g/mol. The number of benzene rings is 2. The molecule has 1 aromatic heterocycles. The molecule has 2 heterocycles. The average Bonchev–Trinajstić information content (AvgIpc) is 3.25. The lowest BCUT2D eigenvalue weighted by Gasteiger charge is -2.27. The topological polar surface area (TPSA) is 93.8 Å². The van der Waals surface area contributed by atoms with Crippen LogP contribution in [0.1, 0.15) is 12.8 Å². The quantitative estimate of drug-likeness (QED) is 0.460. The van der Waals surface area contributed by atoms with E-state index < -0.39 is 0 Å². The Labute approximate surface area is 179 Å². The summed E-state index contributed by atoms with van der Waals surface area (Å²) in [5.41, 5.74) is 0.793. The molecule has 9 heteroatoms. The summed E-state index contributed by atoms with van der Waals surface area (Å²) in [4.78, 5) is 8.90. The van der Waals surface area contributed by atoms with Gasteiger partial charge in [-0.25, -0.2) is 4.99 Å². The van der Waals surface area contributed by atoms with Crippen LogP contribution in [0.15, 0.2) is 58.0 Å². The van der Waals surface area contributed by atoms with Crippen molar-refractivity contribution in [3.8, 4) is 22.9 Å². The predicted molar refractivity (Wildman–Crippen MR) is 114 cm³/mol. The molecule has 0 spiro atoms. The molecule has 1 aliphatic rings. The first-order valence-electron chi connectivity index (χ1n) is 9.70. The number of hydrogen-bond donors (Lipinski definition) is 2. The van der Waals surface area contributed by atoms with Crippen molar-refractivity contribution in [1.29, 1.82) is 0 Å². The van der Waals surface area contributed by atoms with Crippen LogP contribution >= 0.6 is 11.6 Å². The van der Waals surface area contributed by atoms with E-state index in [0.717, 1.165) is 17.1 Å². The van der Waals surface area contributed by atoms with E-state index in [-0.39, 0.29) is 12.6 Å². The summed E-state index contributed by atoms with van der Waals surface area (Å²) in [7, 11) is 0. The third kappa shape index (κ3) is 5.01. The highest BCUT2D eigenvalue weighted by Gasteiger charge is 2.20. The zero-order valence-electron chi connectivity index (χ0n) is 16.5. The number of hydrogen-bond acceptors (Lipinski definition) is 6. The Balaban J connectivity index is 1.35. The first-order valence-corrected chi connectivity index (χ1v) is 10.1. The third-order valence-electron chi connectivity index (χ3n) is 4.33. The number of nitrogens with zero attached hydrogens (tertiary/aromatic N) is 3. The van der Waals surface area contributed by atoms with Crippen LogP contribution in [-0.4, -0.2) is 41.9 Å². The second-order valence-corrected chi connectivity index (χ2v) is 7.03. The van der Waals surface area contributed by atoms with Gasteiger partial charge in [0.25, 0.3) is 0 Å². The van der Waals surface area contributed by atoms with Gasteiger partial charge in [-0.1, -0.05) is 41.0 Å². The summed E-state index contributed by atoms with van der Waals surface area (Å²) >= 11 is 6.02. The lowest BCUT2D eigenvalue weighted by molar-refractivity contribution is 0.0936. The van der Waals surface area contributed by atoms with Crippen molar-refractivity contribution in [3.05, 3.63) is 59.4 Å². The van der Waals surface area contributed by atoms with Crippen LogP contribution in [0.5, 0.6) is 11.5 Å². The smallest absolute Gasteiger partial charge is 0.248 e. The second-order valence-electron chi connectivity index (χ2n) is 6.60. The molecular formula is C21H22ClN5O3. The highest BCUT2D eigenvalue weighted by atomic mass is 35.5. The van der Waals surface area contributed by atoms with Gasteiger partial charge in [-0.3, -0.25) is 0 Å². The van der Waals surface area contributed by atoms with Crippen LogP contribution < -0.4 is 20.1 Å². The molecule has 0 saturated heterocycles. The van der Waals surface area contributed by atoms with E-state index in [9.17, 15) is 0 Å². The highest BCUT2D eigenvalue weighted by molar-refractivity contribution is 6.30. The molecule has 156 valence electrons. The molecule has 1 atom stereocenters. The normalized spacial score (nSPS) is 15.7. The maximum atomic E-state index is 6.02. The van der Waals surface area contributed by atoms with Crippen LogP contribution in [0.4, 0.5) is 0 Å². The first-order chi connectivity index (χ1) is 14.7. The summed E-state index contributed by atoms with van der Waals surface area (Å²) < 4.78 is 17.0. The van der Waals surface area contributed by atoms with Crippen molar-refractivity contribution in [2.24, 2.45) is 4.99 Å². The number of aliphatic imine (C=N–C) groups is 1. The minimum absolute atomic E-state index is 0.124. The van der Waals surface area contributed by atoms with E-state index in [1.807, 2.05) is 43.3 Å². The van der Waals surface area contributed by atoms with Gasteiger partial charge in [0.05, 0.1) is 6.54 Å². The van der Waals surface area contributed by atoms with Gasteiger partial charge in [-0.2, -0.15) is 4.98 Å². The Morgan fingerprint density at radius 2 is 2.03 bits per heavy atom. The molecule has 0 bridgehead atoms. The fraction of sp³-hybridized carbons (Fsp3) is 0.286. The van der Waals surface area contributed by atoms with Crippen molar-refractivity contribution in [1.82, 2.24) is 20.8 Å². The summed E-state index contributed by atoms with van der Waals surface area (Å²) in [5, 5.41) is 11.1. The lowest BCUT2D eigenvalue weighted by Crippen LogP contribution is -2.45. The van der Waals surface area contributed by atoms with Crippen LogP contribution in [-0.2, 0) is 6.54 Å². The SMILES string of the molecule is CCNC(=NCc1nc(-c2cccc(Cl)c2)no1)NCC1COc2ccccc2O1. The molecule has 0 aliphatic carbocycles. The zero-order chi connectivity index (χ0) is 20.8. The molecule has 0 saturated carbocycles. The Morgan fingerprint density at radius 3 is 2.87 bits per heavy atom. The number of nitrogens with one attached hydrogen (secondary N) is 2. The average molecular weight is 428 g/mol. The molecule has 2 aromatic carbocycles. The maximum absolute atomic E-state index is 6.02.